The van der Waals surface area contributed by atoms with E-state index >= 15 is 0 Å². The van der Waals surface area contributed by atoms with Crippen molar-refractivity contribution in [1.82, 2.24) is 5.32 Å². The van der Waals surface area contributed by atoms with Gasteiger partial charge < -0.3 is 15.1 Å². The van der Waals surface area contributed by atoms with Crippen molar-refractivity contribution in [3.8, 4) is 6.07 Å². The summed E-state index contributed by atoms with van der Waals surface area (Å²) in [6.45, 7) is 4.12. The summed E-state index contributed by atoms with van der Waals surface area (Å²) in [5, 5.41) is 12.2. The Morgan fingerprint density at radius 1 is 1.18 bits per heavy atom. The molecule has 2 aromatic rings. The largest absolute Gasteiger partial charge is 0.374 e. The van der Waals surface area contributed by atoms with Crippen molar-refractivity contribution >= 4 is 11.4 Å². The van der Waals surface area contributed by atoms with Gasteiger partial charge in [0, 0.05) is 57.2 Å². The maximum atomic E-state index is 13.4. The Balaban J connectivity index is 1.43. The Hall–Kier alpha value is -2.65. The molecule has 1 atom stereocenters. The molecule has 1 heterocycles. The normalized spacial score (nSPS) is 16.2. The third-order valence-electron chi connectivity index (χ3n) is 5.25. The summed E-state index contributed by atoms with van der Waals surface area (Å²) in [6.07, 6.45) is 1.55. The van der Waals surface area contributed by atoms with Gasteiger partial charge in [-0.15, -0.1) is 0 Å². The first kappa shape index (κ1) is 20.1. The Morgan fingerprint density at radius 2 is 1.96 bits per heavy atom. The van der Waals surface area contributed by atoms with Crippen molar-refractivity contribution in [1.29, 1.82) is 5.26 Å². The van der Waals surface area contributed by atoms with E-state index in [2.05, 4.69) is 45.5 Å². The van der Waals surface area contributed by atoms with Gasteiger partial charge in [0.05, 0.1) is 12.5 Å². The van der Waals surface area contributed by atoms with E-state index in [9.17, 15) is 8.78 Å². The van der Waals surface area contributed by atoms with Crippen LogP contribution in [-0.2, 0) is 6.54 Å². The lowest BCUT2D eigenvalue weighted by Crippen LogP contribution is -2.26. The predicted octanol–water partition coefficient (Wildman–Crippen LogP) is 3.93. The van der Waals surface area contributed by atoms with Gasteiger partial charge in [-0.25, -0.2) is 8.78 Å². The van der Waals surface area contributed by atoms with Crippen LogP contribution < -0.4 is 15.1 Å². The van der Waals surface area contributed by atoms with Crippen LogP contribution in [0.15, 0.2) is 42.5 Å². The maximum absolute atomic E-state index is 13.4. The SMILES string of the molecule is CN(CCC#N)c1ccc(CNCC2CCN(c3ccc(F)c(F)c3)C2)cc1. The van der Waals surface area contributed by atoms with Crippen LogP contribution in [0.3, 0.4) is 0 Å². The second kappa shape index (κ2) is 9.52. The van der Waals surface area contributed by atoms with Gasteiger partial charge in [0.15, 0.2) is 11.6 Å². The standard InChI is InChI=1S/C22H26F2N4/c1-27(11-2-10-25)19-5-3-17(4-6-19)14-26-15-18-9-12-28(16-18)20-7-8-21(23)22(24)13-20/h3-8,13,18,26H,2,9,11-12,14-16H2,1H3. The minimum absolute atomic E-state index is 0.490. The van der Waals surface area contributed by atoms with Crippen LogP contribution in [0.2, 0.25) is 0 Å². The molecule has 1 aliphatic rings. The molecule has 0 amide bonds. The van der Waals surface area contributed by atoms with Gasteiger partial charge in [-0.05, 0) is 42.2 Å². The first-order valence-corrected chi connectivity index (χ1v) is 9.64. The number of hydrogen-bond donors (Lipinski definition) is 1. The number of halogens is 2. The lowest BCUT2D eigenvalue weighted by Gasteiger charge is -2.19. The molecule has 0 radical (unpaired) electrons. The Labute approximate surface area is 165 Å². The highest BCUT2D eigenvalue weighted by atomic mass is 19.2. The van der Waals surface area contributed by atoms with Crippen LogP contribution in [0.5, 0.6) is 0 Å². The van der Waals surface area contributed by atoms with Crippen LogP contribution in [0.25, 0.3) is 0 Å². The van der Waals surface area contributed by atoms with Gasteiger partial charge in [0.2, 0.25) is 0 Å². The summed E-state index contributed by atoms with van der Waals surface area (Å²) >= 11 is 0. The number of rotatable bonds is 8. The van der Waals surface area contributed by atoms with Crippen molar-refractivity contribution in [2.24, 2.45) is 5.92 Å². The van der Waals surface area contributed by atoms with E-state index in [0.717, 1.165) is 50.5 Å². The van der Waals surface area contributed by atoms with Crippen LogP contribution in [0.1, 0.15) is 18.4 Å². The molecule has 3 rings (SSSR count). The van der Waals surface area contributed by atoms with E-state index in [1.165, 1.54) is 17.7 Å². The quantitative estimate of drug-likeness (QED) is 0.749. The topological polar surface area (TPSA) is 42.3 Å². The molecule has 1 unspecified atom stereocenters. The summed E-state index contributed by atoms with van der Waals surface area (Å²) in [5.74, 6) is -1.10. The molecule has 0 spiro atoms. The van der Waals surface area contributed by atoms with E-state index < -0.39 is 11.6 Å². The second-order valence-electron chi connectivity index (χ2n) is 7.33. The average Bonchev–Trinajstić information content (AvgIpc) is 3.17. The molecule has 0 aliphatic carbocycles. The lowest BCUT2D eigenvalue weighted by atomic mass is 10.1. The average molecular weight is 384 g/mol. The van der Waals surface area contributed by atoms with E-state index in [1.807, 2.05) is 7.05 Å². The summed E-state index contributed by atoms with van der Waals surface area (Å²) in [7, 11) is 1.99. The van der Waals surface area contributed by atoms with E-state index in [4.69, 9.17) is 5.26 Å². The number of anilines is 2. The van der Waals surface area contributed by atoms with Crippen LogP contribution in [0, 0.1) is 28.9 Å². The molecular weight excluding hydrogens is 358 g/mol. The van der Waals surface area contributed by atoms with Crippen LogP contribution >= 0.6 is 0 Å². The number of nitrogens with zero attached hydrogens (tertiary/aromatic N) is 3. The highest BCUT2D eigenvalue weighted by Gasteiger charge is 2.23. The predicted molar refractivity (Wildman–Crippen MR) is 108 cm³/mol. The van der Waals surface area contributed by atoms with Crippen LogP contribution in [0.4, 0.5) is 20.2 Å². The number of nitrogens with one attached hydrogen (secondary N) is 1. The maximum Gasteiger partial charge on any atom is 0.160 e. The zero-order chi connectivity index (χ0) is 19.9. The Bertz CT molecular complexity index is 816. The molecule has 4 nitrogen and oxygen atoms in total. The van der Waals surface area contributed by atoms with Crippen molar-refractivity contribution in [3.63, 3.8) is 0 Å². The first-order valence-electron chi connectivity index (χ1n) is 9.64. The molecule has 148 valence electrons. The van der Waals surface area contributed by atoms with Crippen molar-refractivity contribution in [3.05, 3.63) is 59.7 Å². The lowest BCUT2D eigenvalue weighted by molar-refractivity contribution is 0.507. The minimum Gasteiger partial charge on any atom is -0.374 e. The molecule has 1 aliphatic heterocycles. The summed E-state index contributed by atoms with van der Waals surface area (Å²) in [5.41, 5.74) is 3.07. The molecule has 1 fully saturated rings. The smallest absolute Gasteiger partial charge is 0.160 e. The van der Waals surface area contributed by atoms with E-state index in [0.29, 0.717) is 12.3 Å². The molecule has 6 heteroatoms. The summed E-state index contributed by atoms with van der Waals surface area (Å²) < 4.78 is 26.5. The van der Waals surface area contributed by atoms with Gasteiger partial charge in [-0.2, -0.15) is 5.26 Å². The fraction of sp³-hybridized carbons (Fsp3) is 0.409. The first-order chi connectivity index (χ1) is 13.6. The highest BCUT2D eigenvalue weighted by molar-refractivity contribution is 5.48. The van der Waals surface area contributed by atoms with Gasteiger partial charge in [0.1, 0.15) is 0 Å². The molecule has 2 aromatic carbocycles. The highest BCUT2D eigenvalue weighted by Crippen LogP contribution is 2.25. The van der Waals surface area contributed by atoms with Gasteiger partial charge in [0.25, 0.3) is 0 Å². The van der Waals surface area contributed by atoms with Crippen LogP contribution in [-0.4, -0.2) is 33.2 Å². The second-order valence-corrected chi connectivity index (χ2v) is 7.33. The van der Waals surface area contributed by atoms with Crippen molar-refractivity contribution < 1.29 is 8.78 Å². The molecule has 0 aromatic heterocycles. The molecular formula is C22H26F2N4. The summed E-state index contributed by atoms with van der Waals surface area (Å²) in [6, 6.07) is 14.6. The molecule has 0 bridgehead atoms. The minimum atomic E-state index is -0.802. The van der Waals surface area contributed by atoms with E-state index in [1.54, 1.807) is 6.07 Å². The fourth-order valence-electron chi connectivity index (χ4n) is 3.55. The van der Waals surface area contributed by atoms with Gasteiger partial charge >= 0.3 is 0 Å². The summed E-state index contributed by atoms with van der Waals surface area (Å²) in [4.78, 5) is 4.19. The molecule has 28 heavy (non-hydrogen) atoms. The molecule has 0 saturated carbocycles. The molecule has 1 saturated heterocycles. The zero-order valence-corrected chi connectivity index (χ0v) is 16.2. The Kier molecular flexibility index (Phi) is 6.83. The number of hydrogen-bond acceptors (Lipinski definition) is 4. The third kappa shape index (κ3) is 5.20. The zero-order valence-electron chi connectivity index (χ0n) is 16.2. The van der Waals surface area contributed by atoms with Crippen molar-refractivity contribution in [2.45, 2.75) is 19.4 Å². The Morgan fingerprint density at radius 3 is 2.68 bits per heavy atom. The van der Waals surface area contributed by atoms with Gasteiger partial charge in [-0.3, -0.25) is 0 Å². The van der Waals surface area contributed by atoms with Gasteiger partial charge in [-0.1, -0.05) is 12.1 Å². The fourth-order valence-corrected chi connectivity index (χ4v) is 3.55. The number of benzene rings is 2. The van der Waals surface area contributed by atoms with E-state index in [-0.39, 0.29) is 0 Å². The number of nitriles is 1. The van der Waals surface area contributed by atoms with Crippen molar-refractivity contribution in [2.75, 3.05) is 43.0 Å². The third-order valence-corrected chi connectivity index (χ3v) is 5.25. The molecule has 1 N–H and O–H groups in total. The monoisotopic (exact) mass is 384 g/mol.